The zero-order valence-corrected chi connectivity index (χ0v) is 14.8. The van der Waals surface area contributed by atoms with Crippen molar-refractivity contribution in [2.75, 3.05) is 11.9 Å². The summed E-state index contributed by atoms with van der Waals surface area (Å²) < 4.78 is 3.84. The van der Waals surface area contributed by atoms with Crippen LogP contribution in [0.2, 0.25) is 0 Å². The number of imidazole rings is 1. The van der Waals surface area contributed by atoms with E-state index in [1.807, 2.05) is 33.2 Å². The number of pyridine rings is 1. The normalized spacial score (nSPS) is 11.0. The quantitative estimate of drug-likeness (QED) is 0.674. The van der Waals surface area contributed by atoms with Crippen LogP contribution in [0.15, 0.2) is 24.7 Å². The van der Waals surface area contributed by atoms with Gasteiger partial charge in [-0.15, -0.1) is 0 Å². The summed E-state index contributed by atoms with van der Waals surface area (Å²) in [6, 6.07) is 1.67. The number of aryl methyl sites for hydroxylation is 4. The first-order chi connectivity index (χ1) is 12.0. The third kappa shape index (κ3) is 3.96. The monoisotopic (exact) mass is 341 g/mol. The number of rotatable bonds is 6. The van der Waals surface area contributed by atoms with Crippen molar-refractivity contribution in [3.05, 3.63) is 36.2 Å². The topological polar surface area (TPSA) is 89.7 Å². The number of nitrogens with zero attached hydrogens (tertiary/aromatic N) is 5. The van der Waals surface area contributed by atoms with Crippen LogP contribution in [0.5, 0.6) is 0 Å². The Labute approximate surface area is 146 Å². The Morgan fingerprint density at radius 1 is 1.24 bits per heavy atom. The minimum atomic E-state index is -0.221. The van der Waals surface area contributed by atoms with Crippen molar-refractivity contribution in [3.63, 3.8) is 0 Å². The number of carbonyl (C=O) groups is 1. The summed E-state index contributed by atoms with van der Waals surface area (Å²) in [4.78, 5) is 20.5. The molecule has 0 saturated heterocycles. The van der Waals surface area contributed by atoms with Gasteiger partial charge in [0.15, 0.2) is 5.65 Å². The van der Waals surface area contributed by atoms with Crippen molar-refractivity contribution in [1.82, 2.24) is 29.6 Å². The molecular weight excluding hydrogens is 318 g/mol. The van der Waals surface area contributed by atoms with Crippen LogP contribution in [0.3, 0.4) is 0 Å². The Morgan fingerprint density at radius 2 is 2.08 bits per heavy atom. The third-order valence-corrected chi connectivity index (χ3v) is 4.16. The molecule has 0 atom stereocenters. The molecule has 25 heavy (non-hydrogen) atoms. The van der Waals surface area contributed by atoms with E-state index in [0.717, 1.165) is 41.9 Å². The van der Waals surface area contributed by atoms with Crippen LogP contribution < -0.4 is 10.6 Å². The Kier molecular flexibility index (Phi) is 4.97. The summed E-state index contributed by atoms with van der Waals surface area (Å²) in [6.45, 7) is 5.45. The minimum absolute atomic E-state index is 0.221. The second-order valence-electron chi connectivity index (χ2n) is 6.06. The van der Waals surface area contributed by atoms with E-state index in [1.165, 1.54) is 0 Å². The molecule has 0 aliphatic rings. The van der Waals surface area contributed by atoms with Crippen LogP contribution >= 0.6 is 0 Å². The maximum atomic E-state index is 12.0. The van der Waals surface area contributed by atoms with Crippen LogP contribution in [-0.2, 0) is 13.6 Å². The molecule has 0 spiro atoms. The molecule has 0 fully saturated rings. The van der Waals surface area contributed by atoms with E-state index in [0.29, 0.717) is 12.2 Å². The summed E-state index contributed by atoms with van der Waals surface area (Å²) in [5.41, 5.74) is 2.36. The molecule has 2 N–H and O–H groups in total. The van der Waals surface area contributed by atoms with Gasteiger partial charge >= 0.3 is 6.03 Å². The first kappa shape index (κ1) is 16.9. The molecule has 0 aliphatic heterocycles. The number of urea groups is 1. The molecule has 0 bridgehead atoms. The standard InChI is InChI=1S/C17H23N7O/c1-12-15-10-14(11-20-16(15)23(3)22-12)21-17(25)19-6-4-5-8-24-9-7-18-13(24)2/h7,9-11H,4-6,8H2,1-3H3,(H2,19,21,25). The van der Waals surface area contributed by atoms with E-state index in [9.17, 15) is 4.79 Å². The summed E-state index contributed by atoms with van der Waals surface area (Å²) in [5, 5.41) is 11.0. The number of aromatic nitrogens is 5. The van der Waals surface area contributed by atoms with Crippen LogP contribution in [0.4, 0.5) is 10.5 Å². The van der Waals surface area contributed by atoms with Crippen molar-refractivity contribution in [1.29, 1.82) is 0 Å². The zero-order chi connectivity index (χ0) is 17.8. The maximum absolute atomic E-state index is 12.0. The summed E-state index contributed by atoms with van der Waals surface area (Å²) in [6.07, 6.45) is 7.31. The average Bonchev–Trinajstić information content (AvgIpc) is 3.11. The molecule has 132 valence electrons. The van der Waals surface area contributed by atoms with Crippen molar-refractivity contribution < 1.29 is 4.79 Å². The lowest BCUT2D eigenvalue weighted by atomic mass is 10.2. The van der Waals surface area contributed by atoms with E-state index < -0.39 is 0 Å². The van der Waals surface area contributed by atoms with Crippen LogP contribution in [0, 0.1) is 13.8 Å². The lowest BCUT2D eigenvalue weighted by Crippen LogP contribution is -2.29. The minimum Gasteiger partial charge on any atom is -0.338 e. The van der Waals surface area contributed by atoms with E-state index >= 15 is 0 Å². The van der Waals surface area contributed by atoms with Gasteiger partial charge in [0.2, 0.25) is 0 Å². The highest BCUT2D eigenvalue weighted by Crippen LogP contribution is 2.19. The number of carbonyl (C=O) groups excluding carboxylic acids is 1. The summed E-state index contributed by atoms with van der Waals surface area (Å²) >= 11 is 0. The molecule has 0 aliphatic carbocycles. The zero-order valence-electron chi connectivity index (χ0n) is 14.8. The second kappa shape index (κ2) is 7.33. The molecule has 3 aromatic rings. The number of unbranched alkanes of at least 4 members (excludes halogenated alkanes) is 1. The lowest BCUT2D eigenvalue weighted by Gasteiger charge is -2.08. The SMILES string of the molecule is Cc1nn(C)c2ncc(NC(=O)NCCCCn3ccnc3C)cc12. The first-order valence-electron chi connectivity index (χ1n) is 8.36. The van der Waals surface area contributed by atoms with Gasteiger partial charge in [0, 0.05) is 37.9 Å². The second-order valence-corrected chi connectivity index (χ2v) is 6.06. The van der Waals surface area contributed by atoms with Gasteiger partial charge in [0.25, 0.3) is 0 Å². The average molecular weight is 341 g/mol. The summed E-state index contributed by atoms with van der Waals surface area (Å²) in [7, 11) is 1.85. The predicted octanol–water partition coefficient (Wildman–Crippen LogP) is 2.38. The fourth-order valence-corrected chi connectivity index (χ4v) is 2.80. The number of fused-ring (bicyclic) bond motifs is 1. The van der Waals surface area contributed by atoms with Crippen molar-refractivity contribution in [3.8, 4) is 0 Å². The number of anilines is 1. The fourth-order valence-electron chi connectivity index (χ4n) is 2.80. The first-order valence-corrected chi connectivity index (χ1v) is 8.36. The van der Waals surface area contributed by atoms with Crippen LogP contribution in [0.25, 0.3) is 11.0 Å². The van der Waals surface area contributed by atoms with Gasteiger partial charge in [-0.1, -0.05) is 0 Å². The smallest absolute Gasteiger partial charge is 0.319 e. The molecule has 3 heterocycles. The molecule has 8 heteroatoms. The third-order valence-electron chi connectivity index (χ3n) is 4.16. The van der Waals surface area contributed by atoms with Gasteiger partial charge in [-0.3, -0.25) is 4.68 Å². The van der Waals surface area contributed by atoms with Crippen LogP contribution in [0.1, 0.15) is 24.4 Å². The number of hydrogen-bond acceptors (Lipinski definition) is 4. The molecule has 3 rings (SSSR count). The van der Waals surface area contributed by atoms with Crippen molar-refractivity contribution in [2.45, 2.75) is 33.2 Å². The van der Waals surface area contributed by atoms with Gasteiger partial charge in [0.1, 0.15) is 5.82 Å². The number of nitrogens with one attached hydrogen (secondary N) is 2. The fraction of sp³-hybridized carbons (Fsp3) is 0.412. The Hall–Kier alpha value is -2.90. The largest absolute Gasteiger partial charge is 0.338 e. The Bertz CT molecular complexity index is 880. The highest BCUT2D eigenvalue weighted by Gasteiger charge is 2.08. The summed E-state index contributed by atoms with van der Waals surface area (Å²) in [5.74, 6) is 1.01. The molecule has 0 unspecified atom stereocenters. The molecule has 0 saturated carbocycles. The Balaban J connectivity index is 1.45. The lowest BCUT2D eigenvalue weighted by molar-refractivity contribution is 0.252. The van der Waals surface area contributed by atoms with E-state index in [4.69, 9.17) is 0 Å². The van der Waals surface area contributed by atoms with E-state index in [1.54, 1.807) is 17.1 Å². The van der Waals surface area contributed by atoms with Crippen molar-refractivity contribution >= 4 is 22.8 Å². The van der Waals surface area contributed by atoms with Crippen LogP contribution in [-0.4, -0.2) is 36.9 Å². The molecule has 0 radical (unpaired) electrons. The number of hydrogen-bond donors (Lipinski definition) is 2. The number of amides is 2. The maximum Gasteiger partial charge on any atom is 0.319 e. The van der Waals surface area contributed by atoms with E-state index in [-0.39, 0.29) is 6.03 Å². The van der Waals surface area contributed by atoms with Gasteiger partial charge in [-0.25, -0.2) is 14.8 Å². The van der Waals surface area contributed by atoms with Crippen molar-refractivity contribution in [2.24, 2.45) is 7.05 Å². The highest BCUT2D eigenvalue weighted by atomic mass is 16.2. The highest BCUT2D eigenvalue weighted by molar-refractivity contribution is 5.91. The molecule has 2 amide bonds. The molecule has 0 aromatic carbocycles. The molecule has 8 nitrogen and oxygen atoms in total. The molecular formula is C17H23N7O. The van der Waals surface area contributed by atoms with E-state index in [2.05, 4.69) is 30.3 Å². The van der Waals surface area contributed by atoms with Gasteiger partial charge < -0.3 is 15.2 Å². The Morgan fingerprint density at radius 3 is 2.84 bits per heavy atom. The predicted molar refractivity (Wildman–Crippen MR) is 96.5 cm³/mol. The van der Waals surface area contributed by atoms with Gasteiger partial charge in [-0.2, -0.15) is 5.10 Å². The molecule has 3 aromatic heterocycles. The van der Waals surface area contributed by atoms with Gasteiger partial charge in [0.05, 0.1) is 17.6 Å². The van der Waals surface area contributed by atoms with Gasteiger partial charge in [-0.05, 0) is 32.8 Å².